The number of anilines is 2. The van der Waals surface area contributed by atoms with E-state index in [1.165, 1.54) is 0 Å². The second-order valence-corrected chi connectivity index (χ2v) is 4.34. The van der Waals surface area contributed by atoms with Gasteiger partial charge in [0.15, 0.2) is 5.82 Å². The van der Waals surface area contributed by atoms with Crippen molar-refractivity contribution in [2.75, 3.05) is 17.7 Å². The minimum atomic E-state index is -0.385. The number of halogens is 1. The van der Waals surface area contributed by atoms with Crippen molar-refractivity contribution in [2.45, 2.75) is 0 Å². The molecule has 2 rings (SSSR count). The molecule has 0 unspecified atom stereocenters. The van der Waals surface area contributed by atoms with E-state index in [9.17, 15) is 4.79 Å². The van der Waals surface area contributed by atoms with Crippen LogP contribution >= 0.6 is 22.9 Å². The highest BCUT2D eigenvalue weighted by Gasteiger charge is 2.14. The molecular formula is C9H8ClN5OS. The number of nitrogens with zero attached hydrogens (tertiary/aromatic N) is 3. The summed E-state index contributed by atoms with van der Waals surface area (Å²) >= 11 is 7.02. The molecule has 0 saturated carbocycles. The van der Waals surface area contributed by atoms with E-state index in [0.717, 1.165) is 11.3 Å². The van der Waals surface area contributed by atoms with Gasteiger partial charge in [0.1, 0.15) is 0 Å². The Hall–Kier alpha value is -1.73. The lowest BCUT2D eigenvalue weighted by molar-refractivity contribution is 0.102. The average Bonchev–Trinajstić information content (AvgIpc) is 2.81. The number of amides is 1. The number of pyridine rings is 1. The molecule has 0 aromatic carbocycles. The SMILES string of the molecule is CNc1nnc(C(=O)Nc2ncccc2Cl)s1. The van der Waals surface area contributed by atoms with Crippen molar-refractivity contribution in [3.63, 3.8) is 0 Å². The summed E-state index contributed by atoms with van der Waals surface area (Å²) < 4.78 is 0. The zero-order valence-corrected chi connectivity index (χ0v) is 10.3. The third-order valence-electron chi connectivity index (χ3n) is 1.82. The first-order valence-corrected chi connectivity index (χ1v) is 5.83. The third kappa shape index (κ3) is 2.69. The molecule has 0 atom stereocenters. The van der Waals surface area contributed by atoms with E-state index in [1.54, 1.807) is 25.4 Å². The van der Waals surface area contributed by atoms with Crippen LogP contribution in [0.3, 0.4) is 0 Å². The molecule has 6 nitrogen and oxygen atoms in total. The van der Waals surface area contributed by atoms with Crippen LogP contribution in [0.15, 0.2) is 18.3 Å². The lowest BCUT2D eigenvalue weighted by Crippen LogP contribution is -2.12. The fourth-order valence-electron chi connectivity index (χ4n) is 1.05. The molecule has 2 aromatic rings. The number of carbonyl (C=O) groups excluding carboxylic acids is 1. The Morgan fingerprint density at radius 3 is 2.94 bits per heavy atom. The van der Waals surface area contributed by atoms with Gasteiger partial charge in [0.25, 0.3) is 5.91 Å². The Bertz CT molecular complexity index is 544. The second-order valence-electron chi connectivity index (χ2n) is 2.95. The lowest BCUT2D eigenvalue weighted by Gasteiger charge is -2.02. The van der Waals surface area contributed by atoms with E-state index in [4.69, 9.17) is 11.6 Å². The molecule has 0 aliphatic rings. The topological polar surface area (TPSA) is 79.8 Å². The van der Waals surface area contributed by atoms with Crippen molar-refractivity contribution in [3.8, 4) is 0 Å². The van der Waals surface area contributed by atoms with Crippen molar-refractivity contribution < 1.29 is 4.79 Å². The van der Waals surface area contributed by atoms with Gasteiger partial charge in [0, 0.05) is 13.2 Å². The molecule has 0 spiro atoms. The largest absolute Gasteiger partial charge is 0.363 e. The summed E-state index contributed by atoms with van der Waals surface area (Å²) in [5, 5.41) is 14.1. The van der Waals surface area contributed by atoms with E-state index < -0.39 is 0 Å². The molecule has 17 heavy (non-hydrogen) atoms. The molecule has 2 heterocycles. The Kier molecular flexibility index (Phi) is 3.50. The zero-order valence-electron chi connectivity index (χ0n) is 8.77. The standard InChI is InChI=1S/C9H8ClN5OS/c1-11-9-15-14-8(17-9)7(16)13-6-5(10)3-2-4-12-6/h2-4H,1H3,(H,11,15)(H,12,13,16). The van der Waals surface area contributed by atoms with Gasteiger partial charge in [-0.3, -0.25) is 4.79 Å². The van der Waals surface area contributed by atoms with Crippen LogP contribution in [0.1, 0.15) is 9.80 Å². The van der Waals surface area contributed by atoms with Crippen molar-refractivity contribution in [2.24, 2.45) is 0 Å². The van der Waals surface area contributed by atoms with Crippen LogP contribution in [0.25, 0.3) is 0 Å². The molecule has 2 N–H and O–H groups in total. The zero-order chi connectivity index (χ0) is 12.3. The normalized spacial score (nSPS) is 10.0. The van der Waals surface area contributed by atoms with E-state index in [2.05, 4.69) is 25.8 Å². The molecule has 0 radical (unpaired) electrons. The van der Waals surface area contributed by atoms with Gasteiger partial charge in [-0.2, -0.15) is 0 Å². The fraction of sp³-hybridized carbons (Fsp3) is 0.111. The van der Waals surface area contributed by atoms with Crippen LogP contribution in [0.2, 0.25) is 5.02 Å². The predicted octanol–water partition coefficient (Wildman–Crippen LogP) is 1.88. The van der Waals surface area contributed by atoms with Crippen molar-refractivity contribution in [1.82, 2.24) is 15.2 Å². The summed E-state index contributed by atoms with van der Waals surface area (Å²) in [7, 11) is 1.71. The van der Waals surface area contributed by atoms with Crippen LogP contribution in [-0.4, -0.2) is 28.1 Å². The molecule has 8 heteroatoms. The summed E-state index contributed by atoms with van der Waals surface area (Å²) in [6.45, 7) is 0. The summed E-state index contributed by atoms with van der Waals surface area (Å²) in [5.41, 5.74) is 0. The van der Waals surface area contributed by atoms with Crippen LogP contribution < -0.4 is 10.6 Å². The maximum Gasteiger partial charge on any atom is 0.287 e. The van der Waals surface area contributed by atoms with Crippen LogP contribution in [0, 0.1) is 0 Å². The molecule has 1 amide bonds. The van der Waals surface area contributed by atoms with Gasteiger partial charge in [-0.15, -0.1) is 10.2 Å². The number of rotatable bonds is 3. The number of hydrogen-bond acceptors (Lipinski definition) is 6. The molecule has 0 aliphatic carbocycles. The van der Waals surface area contributed by atoms with Gasteiger partial charge in [-0.1, -0.05) is 22.9 Å². The van der Waals surface area contributed by atoms with E-state index >= 15 is 0 Å². The summed E-state index contributed by atoms with van der Waals surface area (Å²) in [4.78, 5) is 15.7. The van der Waals surface area contributed by atoms with Gasteiger partial charge in [0.05, 0.1) is 5.02 Å². The van der Waals surface area contributed by atoms with Gasteiger partial charge in [-0.05, 0) is 12.1 Å². The number of carbonyl (C=O) groups is 1. The maximum atomic E-state index is 11.8. The van der Waals surface area contributed by atoms with Crippen LogP contribution in [0.5, 0.6) is 0 Å². The Morgan fingerprint density at radius 2 is 2.29 bits per heavy atom. The Balaban J connectivity index is 2.14. The first kappa shape index (κ1) is 11.7. The second kappa shape index (κ2) is 5.07. The first-order chi connectivity index (χ1) is 8.20. The predicted molar refractivity (Wildman–Crippen MR) is 66.7 cm³/mol. The van der Waals surface area contributed by atoms with Crippen LogP contribution in [-0.2, 0) is 0 Å². The Morgan fingerprint density at radius 1 is 1.47 bits per heavy atom. The first-order valence-electron chi connectivity index (χ1n) is 4.64. The number of nitrogens with one attached hydrogen (secondary N) is 2. The van der Waals surface area contributed by atoms with Crippen molar-refractivity contribution >= 4 is 39.8 Å². The van der Waals surface area contributed by atoms with Gasteiger partial charge >= 0.3 is 0 Å². The van der Waals surface area contributed by atoms with Gasteiger partial charge < -0.3 is 10.6 Å². The molecule has 0 bridgehead atoms. The number of hydrogen-bond donors (Lipinski definition) is 2. The average molecular weight is 270 g/mol. The quantitative estimate of drug-likeness (QED) is 0.889. The summed E-state index contributed by atoms with van der Waals surface area (Å²) in [6.07, 6.45) is 1.54. The molecule has 2 aromatic heterocycles. The summed E-state index contributed by atoms with van der Waals surface area (Å²) in [5.74, 6) is -0.0787. The molecule has 88 valence electrons. The highest BCUT2D eigenvalue weighted by molar-refractivity contribution is 7.17. The number of aromatic nitrogens is 3. The van der Waals surface area contributed by atoms with E-state index in [-0.39, 0.29) is 10.9 Å². The third-order valence-corrected chi connectivity index (χ3v) is 3.07. The smallest absolute Gasteiger partial charge is 0.287 e. The van der Waals surface area contributed by atoms with Gasteiger partial charge in [-0.25, -0.2) is 4.98 Å². The lowest BCUT2D eigenvalue weighted by atomic mass is 10.4. The maximum absolute atomic E-state index is 11.8. The molecule has 0 aliphatic heterocycles. The monoisotopic (exact) mass is 269 g/mol. The Labute approximate surface area is 106 Å². The fourth-order valence-corrected chi connectivity index (χ4v) is 1.82. The van der Waals surface area contributed by atoms with E-state index in [1.807, 2.05) is 0 Å². The highest BCUT2D eigenvalue weighted by atomic mass is 35.5. The molecule has 0 saturated heterocycles. The summed E-state index contributed by atoms with van der Waals surface area (Å²) in [6, 6.07) is 3.32. The van der Waals surface area contributed by atoms with Gasteiger partial charge in [0.2, 0.25) is 10.1 Å². The van der Waals surface area contributed by atoms with Crippen molar-refractivity contribution in [3.05, 3.63) is 28.4 Å². The minimum Gasteiger partial charge on any atom is -0.363 e. The molecule has 0 fully saturated rings. The molecular weight excluding hydrogens is 262 g/mol. The van der Waals surface area contributed by atoms with Crippen LogP contribution in [0.4, 0.5) is 10.9 Å². The van der Waals surface area contributed by atoms with Crippen molar-refractivity contribution in [1.29, 1.82) is 0 Å². The highest BCUT2D eigenvalue weighted by Crippen LogP contribution is 2.20. The van der Waals surface area contributed by atoms with E-state index in [0.29, 0.717) is 16.0 Å². The minimum absolute atomic E-state index is 0.246.